The molecule has 0 spiro atoms. The van der Waals surface area contributed by atoms with Crippen LogP contribution >= 0.6 is 11.8 Å². The van der Waals surface area contributed by atoms with Gasteiger partial charge in [-0.15, -0.1) is 24.1 Å². The number of carbonyl (C=O) groups is 1. The average molecular weight is 399 g/mol. The second-order valence-corrected chi connectivity index (χ2v) is 7.17. The molecule has 2 nitrogen and oxygen atoms in total. The molecule has 28 heavy (non-hydrogen) atoms. The first-order valence-electron chi connectivity index (χ1n) is 9.21. The quantitative estimate of drug-likeness (QED) is 0.216. The van der Waals surface area contributed by atoms with Crippen molar-refractivity contribution in [3.8, 4) is 12.3 Å². The van der Waals surface area contributed by atoms with Crippen molar-refractivity contribution in [2.45, 2.75) is 47.0 Å². The second-order valence-electron chi connectivity index (χ2n) is 6.11. The van der Waals surface area contributed by atoms with Crippen LogP contribution in [0.3, 0.4) is 0 Å². The van der Waals surface area contributed by atoms with E-state index in [1.54, 1.807) is 6.92 Å². The van der Waals surface area contributed by atoms with Gasteiger partial charge in [-0.3, -0.25) is 0 Å². The van der Waals surface area contributed by atoms with Gasteiger partial charge in [-0.1, -0.05) is 76.4 Å². The van der Waals surface area contributed by atoms with E-state index in [9.17, 15) is 4.79 Å². The van der Waals surface area contributed by atoms with Gasteiger partial charge in [-0.05, 0) is 43.4 Å². The van der Waals surface area contributed by atoms with Crippen molar-refractivity contribution >= 4 is 22.6 Å². The molecule has 0 aromatic heterocycles. The van der Waals surface area contributed by atoms with Crippen LogP contribution in [0, 0.1) is 12.3 Å². The van der Waals surface area contributed by atoms with Gasteiger partial charge in [0.05, 0.1) is 0 Å². The largest absolute Gasteiger partial charge is 0.478 e. The fourth-order valence-electron chi connectivity index (χ4n) is 1.74. The number of carboxylic acid groups (broad SMARTS) is 1. The van der Waals surface area contributed by atoms with Crippen molar-refractivity contribution in [3.05, 3.63) is 78.4 Å². The monoisotopic (exact) mass is 398 g/mol. The Hall–Kier alpha value is -2.44. The number of allylic oxidation sites excluding steroid dienone is 3. The highest BCUT2D eigenvalue weighted by atomic mass is 32.2. The molecule has 0 aliphatic carbocycles. The molecule has 0 atom stereocenters. The van der Waals surface area contributed by atoms with Crippen LogP contribution in [0.1, 0.15) is 58.1 Å². The summed E-state index contributed by atoms with van der Waals surface area (Å²) in [7, 11) is 0. The van der Waals surface area contributed by atoms with Crippen LogP contribution in [0.2, 0.25) is 0 Å². The Balaban J connectivity index is 0. The zero-order chi connectivity index (χ0) is 21.9. The molecule has 0 saturated heterocycles. The van der Waals surface area contributed by atoms with Crippen LogP contribution in [0.4, 0.5) is 0 Å². The van der Waals surface area contributed by atoms with Gasteiger partial charge in [0.15, 0.2) is 0 Å². The molecule has 1 rings (SSSR count). The molecule has 1 N–H and O–H groups in total. The Labute approximate surface area is 176 Å². The summed E-state index contributed by atoms with van der Waals surface area (Å²) in [6.45, 7) is 16.7. The maximum Gasteiger partial charge on any atom is 0.330 e. The van der Waals surface area contributed by atoms with Gasteiger partial charge < -0.3 is 5.11 Å². The number of rotatable bonds is 8. The summed E-state index contributed by atoms with van der Waals surface area (Å²) in [4.78, 5) is 10.9. The van der Waals surface area contributed by atoms with Crippen LogP contribution in [0.25, 0.3) is 4.91 Å². The predicted molar refractivity (Wildman–Crippen MR) is 128 cm³/mol. The standard InChI is InChI=1S/C18H24S.C4H6O2.C3H4/c1-5-7-8-14-19-18(9-6-2)17-12-10-16(11-13-17)15(3)4;1-3(2)4(5)6;1-3-2/h6-13,15H,2,5,14H2,1,3-4H3;1H2,2H3,(H,5,6);1H,2H3/b8-7+,18-9-;;. The summed E-state index contributed by atoms with van der Waals surface area (Å²) < 4.78 is 0. The first-order valence-corrected chi connectivity index (χ1v) is 10.2. The summed E-state index contributed by atoms with van der Waals surface area (Å²) in [5, 5.41) is 7.89. The topological polar surface area (TPSA) is 37.3 Å². The minimum Gasteiger partial charge on any atom is -0.478 e. The molecule has 1 aromatic carbocycles. The van der Waals surface area contributed by atoms with Gasteiger partial charge in [-0.2, -0.15) is 0 Å². The van der Waals surface area contributed by atoms with E-state index in [1.165, 1.54) is 23.0 Å². The summed E-state index contributed by atoms with van der Waals surface area (Å²) >= 11 is 1.86. The van der Waals surface area contributed by atoms with Crippen LogP contribution in [0.5, 0.6) is 0 Å². The zero-order valence-corrected chi connectivity index (χ0v) is 18.7. The molecule has 152 valence electrons. The van der Waals surface area contributed by atoms with Crippen LogP contribution in [-0.4, -0.2) is 16.8 Å². The van der Waals surface area contributed by atoms with E-state index >= 15 is 0 Å². The Bertz CT molecular complexity index is 674. The molecule has 1 aromatic rings. The third kappa shape index (κ3) is 14.7. The maximum absolute atomic E-state index is 9.60. The highest BCUT2D eigenvalue weighted by Gasteiger charge is 2.03. The Kier molecular flexibility index (Phi) is 17.8. The van der Waals surface area contributed by atoms with Gasteiger partial charge in [0, 0.05) is 16.2 Å². The highest BCUT2D eigenvalue weighted by Crippen LogP contribution is 2.29. The molecule has 0 heterocycles. The summed E-state index contributed by atoms with van der Waals surface area (Å²) in [6.07, 6.45) is 14.1. The van der Waals surface area contributed by atoms with Gasteiger partial charge in [-0.25, -0.2) is 4.79 Å². The number of carboxylic acids is 1. The SMILES string of the molecule is C#CC.C=C(C)C(=O)O.C=C/C=C(\SC/C=C/CC)c1ccc(C(C)C)cc1. The minimum absolute atomic E-state index is 0.176. The number of terminal acetylenes is 1. The van der Waals surface area contributed by atoms with Gasteiger partial charge in [0.2, 0.25) is 0 Å². The number of benzene rings is 1. The molecule has 0 bridgehead atoms. The zero-order valence-electron chi connectivity index (χ0n) is 17.9. The fourth-order valence-corrected chi connectivity index (χ4v) is 2.65. The second kappa shape index (κ2) is 17.9. The van der Waals surface area contributed by atoms with E-state index in [2.05, 4.69) is 88.8 Å². The van der Waals surface area contributed by atoms with E-state index in [0.29, 0.717) is 5.92 Å². The normalized spacial score (nSPS) is 10.2. The molecular weight excluding hydrogens is 364 g/mol. The van der Waals surface area contributed by atoms with Crippen molar-refractivity contribution in [1.82, 2.24) is 0 Å². The van der Waals surface area contributed by atoms with Crippen molar-refractivity contribution in [1.29, 1.82) is 0 Å². The molecule has 0 radical (unpaired) electrons. The lowest BCUT2D eigenvalue weighted by atomic mass is 10.0. The fraction of sp³-hybridized carbons (Fsp3) is 0.320. The van der Waals surface area contributed by atoms with Crippen LogP contribution in [-0.2, 0) is 4.79 Å². The van der Waals surface area contributed by atoms with Crippen molar-refractivity contribution in [2.75, 3.05) is 5.75 Å². The molecule has 0 aliphatic heterocycles. The van der Waals surface area contributed by atoms with Gasteiger partial charge in [0.1, 0.15) is 0 Å². The molecule has 0 saturated carbocycles. The molecule has 0 aliphatic rings. The Morgan fingerprint density at radius 1 is 1.29 bits per heavy atom. The summed E-state index contributed by atoms with van der Waals surface area (Å²) in [5.41, 5.74) is 2.84. The molecule has 0 fully saturated rings. The van der Waals surface area contributed by atoms with E-state index in [0.717, 1.165) is 12.2 Å². The number of hydrogen-bond acceptors (Lipinski definition) is 2. The van der Waals surface area contributed by atoms with E-state index in [-0.39, 0.29) is 5.57 Å². The van der Waals surface area contributed by atoms with E-state index in [4.69, 9.17) is 5.11 Å². The van der Waals surface area contributed by atoms with Crippen molar-refractivity contribution in [3.63, 3.8) is 0 Å². The lowest BCUT2D eigenvalue weighted by molar-refractivity contribution is -0.132. The average Bonchev–Trinajstić information content (AvgIpc) is 2.65. The first kappa shape index (κ1) is 27.8. The Morgan fingerprint density at radius 2 is 1.79 bits per heavy atom. The van der Waals surface area contributed by atoms with Gasteiger partial charge >= 0.3 is 5.97 Å². The number of aliphatic carboxylic acids is 1. The van der Waals surface area contributed by atoms with Gasteiger partial charge in [0.25, 0.3) is 0 Å². The minimum atomic E-state index is -0.935. The van der Waals surface area contributed by atoms with E-state index < -0.39 is 5.97 Å². The molecular formula is C25H34O2S. The predicted octanol–water partition coefficient (Wildman–Crippen LogP) is 7.32. The van der Waals surface area contributed by atoms with Crippen LogP contribution < -0.4 is 0 Å². The third-order valence-electron chi connectivity index (χ3n) is 3.23. The van der Waals surface area contributed by atoms with E-state index in [1.807, 2.05) is 17.8 Å². The van der Waals surface area contributed by atoms with Crippen LogP contribution in [0.15, 0.2) is 67.3 Å². The number of hydrogen-bond donors (Lipinski definition) is 1. The molecule has 3 heteroatoms. The molecule has 0 unspecified atom stereocenters. The maximum atomic E-state index is 9.60. The summed E-state index contributed by atoms with van der Waals surface area (Å²) in [5.74, 6) is 2.91. The Morgan fingerprint density at radius 3 is 2.14 bits per heavy atom. The number of thioether (sulfide) groups is 1. The highest BCUT2D eigenvalue weighted by molar-refractivity contribution is 8.08. The third-order valence-corrected chi connectivity index (χ3v) is 4.28. The van der Waals surface area contributed by atoms with Crippen molar-refractivity contribution < 1.29 is 9.90 Å². The smallest absolute Gasteiger partial charge is 0.330 e. The van der Waals surface area contributed by atoms with Crippen molar-refractivity contribution in [2.24, 2.45) is 0 Å². The first-order chi connectivity index (χ1) is 13.2. The lowest BCUT2D eigenvalue weighted by Gasteiger charge is -2.09. The summed E-state index contributed by atoms with van der Waals surface area (Å²) in [6, 6.07) is 8.86. The molecule has 0 amide bonds. The lowest BCUT2D eigenvalue weighted by Crippen LogP contribution is -1.92.